The molecular formula is C15H13N5O3. The van der Waals surface area contributed by atoms with Gasteiger partial charge in [0.15, 0.2) is 0 Å². The van der Waals surface area contributed by atoms with E-state index in [1.165, 1.54) is 22.9 Å². The average Bonchev–Trinajstić information content (AvgIpc) is 2.89. The molecule has 3 N–H and O–H groups in total. The van der Waals surface area contributed by atoms with Crippen LogP contribution in [0.1, 0.15) is 0 Å². The Kier molecular flexibility index (Phi) is 3.63. The molecule has 0 radical (unpaired) electrons. The Morgan fingerprint density at radius 2 is 2.13 bits per heavy atom. The average molecular weight is 311 g/mol. The van der Waals surface area contributed by atoms with Gasteiger partial charge in [0.2, 0.25) is 5.91 Å². The Morgan fingerprint density at radius 3 is 2.91 bits per heavy atom. The lowest BCUT2D eigenvalue weighted by Crippen LogP contribution is -2.19. The first-order valence-electron chi connectivity index (χ1n) is 6.78. The Hall–Kier alpha value is -3.42. The minimum absolute atomic E-state index is 0.0182. The van der Waals surface area contributed by atoms with Gasteiger partial charge < -0.3 is 11.1 Å². The van der Waals surface area contributed by atoms with E-state index in [1.807, 2.05) is 6.07 Å². The van der Waals surface area contributed by atoms with Gasteiger partial charge >= 0.3 is 0 Å². The molecule has 1 amide bonds. The van der Waals surface area contributed by atoms with Crippen LogP contribution >= 0.6 is 0 Å². The smallest absolute Gasteiger partial charge is 0.271 e. The molecule has 0 saturated carbocycles. The highest BCUT2D eigenvalue weighted by atomic mass is 16.6. The molecule has 8 heteroatoms. The van der Waals surface area contributed by atoms with E-state index in [4.69, 9.17) is 5.73 Å². The van der Waals surface area contributed by atoms with Gasteiger partial charge in [-0.3, -0.25) is 19.6 Å². The minimum Gasteiger partial charge on any atom is -0.399 e. The number of nitrogen functional groups attached to an aromatic ring is 1. The van der Waals surface area contributed by atoms with Crippen LogP contribution in [0.5, 0.6) is 0 Å². The van der Waals surface area contributed by atoms with Gasteiger partial charge in [-0.2, -0.15) is 5.10 Å². The zero-order valence-corrected chi connectivity index (χ0v) is 12.0. The number of amides is 1. The largest absolute Gasteiger partial charge is 0.399 e. The van der Waals surface area contributed by atoms with E-state index in [0.717, 1.165) is 10.9 Å². The number of nitro groups is 1. The monoisotopic (exact) mass is 311 g/mol. The predicted molar refractivity (Wildman–Crippen MR) is 85.9 cm³/mol. The maximum Gasteiger partial charge on any atom is 0.271 e. The summed E-state index contributed by atoms with van der Waals surface area (Å²) in [4.78, 5) is 22.3. The number of anilines is 2. The first-order valence-corrected chi connectivity index (χ1v) is 6.78. The van der Waals surface area contributed by atoms with E-state index in [1.54, 1.807) is 24.4 Å². The summed E-state index contributed by atoms with van der Waals surface area (Å²) in [5, 5.41) is 18.4. The maximum atomic E-state index is 12.1. The van der Waals surface area contributed by atoms with Crippen LogP contribution < -0.4 is 11.1 Å². The zero-order chi connectivity index (χ0) is 16.4. The molecule has 2 aromatic carbocycles. The van der Waals surface area contributed by atoms with Gasteiger partial charge in [0, 0.05) is 28.9 Å². The fourth-order valence-corrected chi connectivity index (χ4v) is 2.25. The topological polar surface area (TPSA) is 116 Å². The molecule has 3 aromatic rings. The van der Waals surface area contributed by atoms with Crippen molar-refractivity contribution in [3.8, 4) is 0 Å². The molecule has 0 unspecified atom stereocenters. The van der Waals surface area contributed by atoms with E-state index in [9.17, 15) is 14.9 Å². The minimum atomic E-state index is -0.514. The van der Waals surface area contributed by atoms with Crippen LogP contribution in [0.25, 0.3) is 10.9 Å². The lowest BCUT2D eigenvalue weighted by Gasteiger charge is -2.06. The van der Waals surface area contributed by atoms with E-state index >= 15 is 0 Å². The summed E-state index contributed by atoms with van der Waals surface area (Å²) in [6.45, 7) is -0.0182. The number of nitrogens with two attached hydrogens (primary N) is 1. The third kappa shape index (κ3) is 3.10. The van der Waals surface area contributed by atoms with Gasteiger partial charge in [0.25, 0.3) is 5.69 Å². The van der Waals surface area contributed by atoms with Crippen LogP contribution in [0.15, 0.2) is 48.7 Å². The maximum absolute atomic E-state index is 12.1. The molecule has 0 fully saturated rings. The highest BCUT2D eigenvalue weighted by molar-refractivity contribution is 5.92. The standard InChI is InChI=1S/C15H13N5O3/c16-11-5-4-10-8-17-19(14(10)6-11)9-15(21)18-12-2-1-3-13(7-12)20(22)23/h1-8H,9,16H2,(H,18,21). The Bertz CT molecular complexity index is 903. The number of carbonyl (C=O) groups is 1. The van der Waals surface area contributed by atoms with Crippen LogP contribution in [0.4, 0.5) is 17.1 Å². The summed E-state index contributed by atoms with van der Waals surface area (Å²) in [5.74, 6) is -0.335. The van der Waals surface area contributed by atoms with Crippen molar-refractivity contribution in [3.05, 3.63) is 58.8 Å². The SMILES string of the molecule is Nc1ccc2cnn(CC(=O)Nc3cccc([N+](=O)[O-])c3)c2c1. The second kappa shape index (κ2) is 5.76. The molecule has 0 saturated heterocycles. The molecule has 8 nitrogen and oxygen atoms in total. The molecular weight excluding hydrogens is 298 g/mol. The number of nitro benzene ring substituents is 1. The number of carbonyl (C=O) groups excluding carboxylic acids is 1. The molecule has 1 heterocycles. The number of benzene rings is 2. The van der Waals surface area contributed by atoms with Gasteiger partial charge in [-0.15, -0.1) is 0 Å². The van der Waals surface area contributed by atoms with Crippen molar-refractivity contribution in [2.45, 2.75) is 6.54 Å². The molecule has 116 valence electrons. The van der Waals surface area contributed by atoms with Crippen molar-refractivity contribution in [1.29, 1.82) is 0 Å². The normalized spacial score (nSPS) is 10.6. The quantitative estimate of drug-likeness (QED) is 0.435. The summed E-state index contributed by atoms with van der Waals surface area (Å²) in [5.41, 5.74) is 7.35. The number of hydrogen-bond donors (Lipinski definition) is 2. The molecule has 0 atom stereocenters. The second-order valence-corrected chi connectivity index (χ2v) is 4.98. The van der Waals surface area contributed by atoms with E-state index in [2.05, 4.69) is 10.4 Å². The summed E-state index contributed by atoms with van der Waals surface area (Å²) in [6, 6.07) is 11.1. The van der Waals surface area contributed by atoms with E-state index in [0.29, 0.717) is 11.4 Å². The molecule has 3 rings (SSSR count). The van der Waals surface area contributed by atoms with Crippen LogP contribution in [0.3, 0.4) is 0 Å². The van der Waals surface area contributed by atoms with Crippen molar-refractivity contribution >= 4 is 33.9 Å². The van der Waals surface area contributed by atoms with Gasteiger partial charge in [-0.25, -0.2) is 0 Å². The second-order valence-electron chi connectivity index (χ2n) is 4.98. The van der Waals surface area contributed by atoms with Crippen LogP contribution in [0.2, 0.25) is 0 Å². The van der Waals surface area contributed by atoms with Crippen molar-refractivity contribution in [1.82, 2.24) is 9.78 Å². The Labute approximate surface area is 130 Å². The van der Waals surface area contributed by atoms with Gasteiger partial charge in [0.05, 0.1) is 16.6 Å². The molecule has 0 aliphatic carbocycles. The third-order valence-corrected chi connectivity index (χ3v) is 3.30. The summed E-state index contributed by atoms with van der Waals surface area (Å²) in [7, 11) is 0. The van der Waals surface area contributed by atoms with Crippen LogP contribution in [0, 0.1) is 10.1 Å². The summed E-state index contributed by atoms with van der Waals surface area (Å²) < 4.78 is 1.53. The summed E-state index contributed by atoms with van der Waals surface area (Å²) in [6.07, 6.45) is 1.65. The first kappa shape index (κ1) is 14.5. The van der Waals surface area contributed by atoms with Crippen molar-refractivity contribution in [2.24, 2.45) is 0 Å². The number of nitrogens with zero attached hydrogens (tertiary/aromatic N) is 3. The lowest BCUT2D eigenvalue weighted by atomic mass is 10.2. The van der Waals surface area contributed by atoms with E-state index < -0.39 is 4.92 Å². The predicted octanol–water partition coefficient (Wildman–Crippen LogP) is 2.17. The molecule has 0 bridgehead atoms. The van der Waals surface area contributed by atoms with Crippen LogP contribution in [-0.4, -0.2) is 20.6 Å². The van der Waals surface area contributed by atoms with Gasteiger partial charge in [-0.05, 0) is 24.3 Å². The van der Waals surface area contributed by atoms with Crippen molar-refractivity contribution in [2.75, 3.05) is 11.1 Å². The zero-order valence-electron chi connectivity index (χ0n) is 12.0. The fourth-order valence-electron chi connectivity index (χ4n) is 2.25. The van der Waals surface area contributed by atoms with Gasteiger partial charge in [-0.1, -0.05) is 6.07 Å². The molecule has 1 aromatic heterocycles. The number of rotatable bonds is 4. The Morgan fingerprint density at radius 1 is 1.30 bits per heavy atom. The number of hydrogen-bond acceptors (Lipinski definition) is 5. The molecule has 0 spiro atoms. The van der Waals surface area contributed by atoms with Crippen LogP contribution in [-0.2, 0) is 11.3 Å². The molecule has 0 aliphatic rings. The third-order valence-electron chi connectivity index (χ3n) is 3.30. The van der Waals surface area contributed by atoms with E-state index in [-0.39, 0.29) is 18.1 Å². The number of aromatic nitrogens is 2. The molecule has 23 heavy (non-hydrogen) atoms. The van der Waals surface area contributed by atoms with Crippen molar-refractivity contribution < 1.29 is 9.72 Å². The number of non-ortho nitro benzene ring substituents is 1. The number of fused-ring (bicyclic) bond motifs is 1. The highest BCUT2D eigenvalue weighted by Gasteiger charge is 2.10. The number of nitrogens with one attached hydrogen (secondary N) is 1. The fraction of sp³-hybridized carbons (Fsp3) is 0.0667. The first-order chi connectivity index (χ1) is 11.0. The van der Waals surface area contributed by atoms with Crippen molar-refractivity contribution in [3.63, 3.8) is 0 Å². The Balaban J connectivity index is 1.77. The molecule has 0 aliphatic heterocycles. The van der Waals surface area contributed by atoms with Gasteiger partial charge in [0.1, 0.15) is 6.54 Å². The summed E-state index contributed by atoms with van der Waals surface area (Å²) >= 11 is 0. The highest BCUT2D eigenvalue weighted by Crippen LogP contribution is 2.19. The lowest BCUT2D eigenvalue weighted by molar-refractivity contribution is -0.384.